The van der Waals surface area contributed by atoms with Gasteiger partial charge in [0.2, 0.25) is 0 Å². The van der Waals surface area contributed by atoms with Crippen LogP contribution in [0.5, 0.6) is 0 Å². The van der Waals surface area contributed by atoms with Crippen molar-refractivity contribution in [3.8, 4) is 0 Å². The normalized spacial score (nSPS) is 22.9. The lowest BCUT2D eigenvalue weighted by Gasteiger charge is -2.08. The van der Waals surface area contributed by atoms with Gasteiger partial charge in [0.05, 0.1) is 0 Å². The summed E-state index contributed by atoms with van der Waals surface area (Å²) in [7, 11) is 0. The van der Waals surface area contributed by atoms with Crippen LogP contribution < -0.4 is 10.6 Å². The van der Waals surface area contributed by atoms with Gasteiger partial charge in [0, 0.05) is 19.3 Å². The molecule has 2 N–H and O–H groups in total. The molecule has 1 aromatic carbocycles. The third kappa shape index (κ3) is 1.47. The van der Waals surface area contributed by atoms with E-state index in [2.05, 4.69) is 10.6 Å². The lowest BCUT2D eigenvalue weighted by molar-refractivity contribution is 0.622. The summed E-state index contributed by atoms with van der Waals surface area (Å²) in [5.41, 5.74) is 1.14. The van der Waals surface area contributed by atoms with E-state index in [-0.39, 0.29) is 5.82 Å². The van der Waals surface area contributed by atoms with Crippen LogP contribution in [0.25, 0.3) is 0 Å². The Hall–Kier alpha value is -0.930. The highest BCUT2D eigenvalue weighted by Crippen LogP contribution is 2.14. The first kappa shape index (κ1) is 7.71. The smallest absolute Gasteiger partial charge is 0.123 e. The van der Waals surface area contributed by atoms with Crippen molar-refractivity contribution in [3.63, 3.8) is 0 Å². The molecule has 1 unspecified atom stereocenters. The number of hydrogen-bond acceptors (Lipinski definition) is 2. The summed E-state index contributed by atoms with van der Waals surface area (Å²) in [6, 6.07) is 6.97. The third-order valence-electron chi connectivity index (χ3n) is 2.09. The van der Waals surface area contributed by atoms with Gasteiger partial charge in [-0.15, -0.1) is 0 Å². The summed E-state index contributed by atoms with van der Waals surface area (Å²) in [6.45, 7) is 1.76. The summed E-state index contributed by atoms with van der Waals surface area (Å²) in [5, 5.41) is 6.44. The second-order valence-electron chi connectivity index (χ2n) is 2.94. The zero-order valence-electron chi connectivity index (χ0n) is 6.68. The maximum Gasteiger partial charge on any atom is 0.123 e. The zero-order valence-corrected chi connectivity index (χ0v) is 6.68. The Kier molecular flexibility index (Phi) is 2.06. The van der Waals surface area contributed by atoms with Crippen LogP contribution in [0.3, 0.4) is 0 Å². The first-order valence-corrected chi connectivity index (χ1v) is 4.06. The Morgan fingerprint density at radius 1 is 1.25 bits per heavy atom. The number of hydrogen-bond donors (Lipinski definition) is 2. The van der Waals surface area contributed by atoms with Crippen molar-refractivity contribution in [1.82, 2.24) is 10.6 Å². The highest BCUT2D eigenvalue weighted by Gasteiger charge is 2.14. The lowest BCUT2D eigenvalue weighted by Crippen LogP contribution is -2.14. The van der Waals surface area contributed by atoms with Crippen molar-refractivity contribution in [2.45, 2.75) is 6.04 Å². The van der Waals surface area contributed by atoms with Gasteiger partial charge in [-0.05, 0) is 17.7 Å². The van der Waals surface area contributed by atoms with E-state index < -0.39 is 0 Å². The maximum atomic E-state index is 12.5. The second-order valence-corrected chi connectivity index (χ2v) is 2.94. The molecule has 1 aromatic rings. The molecule has 1 fully saturated rings. The van der Waals surface area contributed by atoms with Crippen molar-refractivity contribution >= 4 is 0 Å². The fraction of sp³-hybridized carbons (Fsp3) is 0.333. The van der Waals surface area contributed by atoms with Crippen molar-refractivity contribution < 1.29 is 4.39 Å². The topological polar surface area (TPSA) is 24.1 Å². The van der Waals surface area contributed by atoms with Crippen molar-refractivity contribution in [2.24, 2.45) is 0 Å². The third-order valence-corrected chi connectivity index (χ3v) is 2.09. The standard InChI is InChI=1S/C9H11FN2/c10-8-3-1-7(2-4-8)9-5-11-6-12-9/h1-4,9,11-12H,5-6H2. The summed E-state index contributed by atoms with van der Waals surface area (Å²) in [6.07, 6.45) is 0. The van der Waals surface area contributed by atoms with E-state index in [9.17, 15) is 4.39 Å². The van der Waals surface area contributed by atoms with Crippen LogP contribution in [0, 0.1) is 5.82 Å². The Morgan fingerprint density at radius 3 is 2.58 bits per heavy atom. The van der Waals surface area contributed by atoms with Crippen LogP contribution in [-0.2, 0) is 0 Å². The number of benzene rings is 1. The van der Waals surface area contributed by atoms with Crippen molar-refractivity contribution in [1.29, 1.82) is 0 Å². The summed E-state index contributed by atoms with van der Waals surface area (Å²) in [5.74, 6) is -0.176. The molecule has 64 valence electrons. The van der Waals surface area contributed by atoms with Crippen molar-refractivity contribution in [3.05, 3.63) is 35.6 Å². The molecule has 0 aliphatic carbocycles. The highest BCUT2D eigenvalue weighted by atomic mass is 19.1. The van der Waals surface area contributed by atoms with Crippen molar-refractivity contribution in [2.75, 3.05) is 13.2 Å². The molecule has 1 heterocycles. The van der Waals surface area contributed by atoms with Gasteiger partial charge in [-0.3, -0.25) is 5.32 Å². The largest absolute Gasteiger partial charge is 0.303 e. The van der Waals surface area contributed by atoms with Crippen LogP contribution in [0.15, 0.2) is 24.3 Å². The first-order valence-electron chi connectivity index (χ1n) is 4.06. The lowest BCUT2D eigenvalue weighted by atomic mass is 10.1. The minimum absolute atomic E-state index is 0.176. The van der Waals surface area contributed by atoms with E-state index in [1.807, 2.05) is 12.1 Å². The Balaban J connectivity index is 2.17. The molecular formula is C9H11FN2. The Bertz CT molecular complexity index is 252. The Morgan fingerprint density at radius 2 is 2.00 bits per heavy atom. The molecule has 1 atom stereocenters. The van der Waals surface area contributed by atoms with E-state index in [0.29, 0.717) is 6.04 Å². The monoisotopic (exact) mass is 166 g/mol. The average molecular weight is 166 g/mol. The van der Waals surface area contributed by atoms with E-state index in [4.69, 9.17) is 0 Å². The highest BCUT2D eigenvalue weighted by molar-refractivity contribution is 5.20. The molecule has 0 spiro atoms. The Labute approximate surface area is 70.8 Å². The molecule has 0 amide bonds. The molecule has 0 aromatic heterocycles. The molecule has 2 rings (SSSR count). The quantitative estimate of drug-likeness (QED) is 0.650. The van der Waals surface area contributed by atoms with Crippen LogP contribution >= 0.6 is 0 Å². The summed E-state index contributed by atoms with van der Waals surface area (Å²) in [4.78, 5) is 0. The van der Waals surface area contributed by atoms with Gasteiger partial charge in [-0.25, -0.2) is 4.39 Å². The second kappa shape index (κ2) is 3.21. The van der Waals surface area contributed by atoms with Crippen LogP contribution in [0.2, 0.25) is 0 Å². The van der Waals surface area contributed by atoms with Crippen LogP contribution in [0.4, 0.5) is 4.39 Å². The van der Waals surface area contributed by atoms with Gasteiger partial charge >= 0.3 is 0 Å². The van der Waals surface area contributed by atoms with Gasteiger partial charge in [0.1, 0.15) is 5.82 Å². The van der Waals surface area contributed by atoms with E-state index in [1.165, 1.54) is 12.1 Å². The molecule has 1 saturated heterocycles. The van der Waals surface area contributed by atoms with Gasteiger partial charge in [-0.2, -0.15) is 0 Å². The predicted octanol–water partition coefficient (Wildman–Crippen LogP) is 1.02. The van der Waals surface area contributed by atoms with Gasteiger partial charge in [0.25, 0.3) is 0 Å². The molecule has 1 aliphatic heterocycles. The molecule has 1 aliphatic rings. The van der Waals surface area contributed by atoms with Crippen LogP contribution in [0.1, 0.15) is 11.6 Å². The number of halogens is 1. The van der Waals surface area contributed by atoms with Crippen LogP contribution in [-0.4, -0.2) is 13.2 Å². The van der Waals surface area contributed by atoms with E-state index in [1.54, 1.807) is 0 Å². The van der Waals surface area contributed by atoms with Gasteiger partial charge in [0.15, 0.2) is 0 Å². The summed E-state index contributed by atoms with van der Waals surface area (Å²) < 4.78 is 12.5. The number of nitrogens with one attached hydrogen (secondary N) is 2. The van der Waals surface area contributed by atoms with E-state index in [0.717, 1.165) is 18.8 Å². The van der Waals surface area contributed by atoms with Gasteiger partial charge < -0.3 is 5.32 Å². The molecule has 0 saturated carbocycles. The SMILES string of the molecule is Fc1ccc(C2CNCN2)cc1. The van der Waals surface area contributed by atoms with E-state index >= 15 is 0 Å². The molecule has 3 heteroatoms. The molecule has 12 heavy (non-hydrogen) atoms. The fourth-order valence-corrected chi connectivity index (χ4v) is 1.41. The first-order chi connectivity index (χ1) is 5.86. The molecular weight excluding hydrogens is 155 g/mol. The molecule has 2 nitrogen and oxygen atoms in total. The van der Waals surface area contributed by atoms with Gasteiger partial charge in [-0.1, -0.05) is 12.1 Å². The maximum absolute atomic E-state index is 12.5. The molecule has 0 bridgehead atoms. The average Bonchev–Trinajstić information content (AvgIpc) is 2.58. The summed E-state index contributed by atoms with van der Waals surface area (Å²) >= 11 is 0. The predicted molar refractivity (Wildman–Crippen MR) is 45.1 cm³/mol. The zero-order chi connectivity index (χ0) is 8.39. The number of rotatable bonds is 1. The fourth-order valence-electron chi connectivity index (χ4n) is 1.41. The minimum atomic E-state index is -0.176. The molecule has 0 radical (unpaired) electrons. The minimum Gasteiger partial charge on any atom is -0.303 e.